The number of carbonyl (C=O) groups excluding carboxylic acids is 1. The number of pyridine rings is 1. The Balaban J connectivity index is 1.48. The lowest BCUT2D eigenvalue weighted by Crippen LogP contribution is -2.48. The van der Waals surface area contributed by atoms with Crippen LogP contribution in [0.2, 0.25) is 0 Å². The van der Waals surface area contributed by atoms with E-state index in [9.17, 15) is 9.18 Å². The van der Waals surface area contributed by atoms with Crippen molar-refractivity contribution in [2.75, 3.05) is 26.2 Å². The van der Waals surface area contributed by atoms with Crippen molar-refractivity contribution in [3.63, 3.8) is 0 Å². The van der Waals surface area contributed by atoms with Crippen LogP contribution in [0, 0.1) is 12.7 Å². The minimum Gasteiger partial charge on any atom is -0.343 e. The molecular formula is C23H27FN4O. The highest BCUT2D eigenvalue weighted by atomic mass is 19.1. The van der Waals surface area contributed by atoms with Crippen molar-refractivity contribution in [3.05, 3.63) is 64.7 Å². The molecule has 0 bridgehead atoms. The number of fused-ring (bicyclic) bond motifs is 1. The highest BCUT2D eigenvalue weighted by Crippen LogP contribution is 2.29. The Morgan fingerprint density at radius 2 is 1.97 bits per heavy atom. The summed E-state index contributed by atoms with van der Waals surface area (Å²) in [5.74, 6) is -0.0896. The summed E-state index contributed by atoms with van der Waals surface area (Å²) in [5, 5.41) is 1.19. The minimum absolute atomic E-state index is 0.0982. The zero-order chi connectivity index (χ0) is 20.5. The van der Waals surface area contributed by atoms with Crippen LogP contribution in [-0.2, 0) is 6.54 Å². The largest absolute Gasteiger partial charge is 0.343 e. The molecule has 1 saturated heterocycles. The third-order valence-corrected chi connectivity index (χ3v) is 5.62. The average molecular weight is 394 g/mol. The zero-order valence-corrected chi connectivity index (χ0v) is 17.2. The molecule has 0 radical (unpaired) electrons. The first-order valence-electron chi connectivity index (χ1n) is 10.2. The molecule has 1 amide bonds. The van der Waals surface area contributed by atoms with E-state index in [-0.39, 0.29) is 11.7 Å². The van der Waals surface area contributed by atoms with Gasteiger partial charge >= 0.3 is 0 Å². The van der Waals surface area contributed by atoms with E-state index < -0.39 is 0 Å². The van der Waals surface area contributed by atoms with Crippen LogP contribution in [0.3, 0.4) is 0 Å². The highest BCUT2D eigenvalue weighted by Gasteiger charge is 2.24. The van der Waals surface area contributed by atoms with Crippen molar-refractivity contribution >= 4 is 16.9 Å². The van der Waals surface area contributed by atoms with Crippen molar-refractivity contribution in [2.45, 2.75) is 33.2 Å². The van der Waals surface area contributed by atoms with Crippen LogP contribution < -0.4 is 0 Å². The van der Waals surface area contributed by atoms with Gasteiger partial charge in [0.15, 0.2) is 0 Å². The van der Waals surface area contributed by atoms with Gasteiger partial charge in [0, 0.05) is 55.6 Å². The molecule has 3 heterocycles. The molecule has 1 fully saturated rings. The Kier molecular flexibility index (Phi) is 5.37. The lowest BCUT2D eigenvalue weighted by atomic mass is 10.0. The number of carbonyl (C=O) groups is 1. The topological polar surface area (TPSA) is 52.2 Å². The molecule has 0 atom stereocenters. The monoisotopic (exact) mass is 394 g/mol. The maximum Gasteiger partial charge on any atom is 0.254 e. The lowest BCUT2D eigenvalue weighted by Gasteiger charge is -2.35. The first-order chi connectivity index (χ1) is 13.9. The van der Waals surface area contributed by atoms with E-state index in [0.717, 1.165) is 30.8 Å². The molecule has 6 heteroatoms. The second-order valence-corrected chi connectivity index (χ2v) is 8.16. The molecule has 1 aliphatic heterocycles. The summed E-state index contributed by atoms with van der Waals surface area (Å²) < 4.78 is 13.4. The first kappa shape index (κ1) is 19.6. The molecule has 29 heavy (non-hydrogen) atoms. The summed E-state index contributed by atoms with van der Waals surface area (Å²) in [5.41, 5.74) is 5.04. The van der Waals surface area contributed by atoms with Crippen molar-refractivity contribution in [1.29, 1.82) is 0 Å². The standard InChI is InChI=1S/C23H27FN4O/c1-15(2)21-20(19-11-16(3)13-25-22(19)26-21)14-27-7-9-28(10-8-27)23(29)17-5-4-6-18(24)12-17/h4-6,11-13,15H,7-10,14H2,1-3H3,(H,25,26). The number of rotatable bonds is 4. The van der Waals surface area contributed by atoms with E-state index in [4.69, 9.17) is 0 Å². The maximum absolute atomic E-state index is 13.4. The Bertz CT molecular complexity index is 1030. The lowest BCUT2D eigenvalue weighted by molar-refractivity contribution is 0.0628. The predicted molar refractivity (Wildman–Crippen MR) is 113 cm³/mol. The molecule has 0 aliphatic carbocycles. The van der Waals surface area contributed by atoms with E-state index in [1.165, 1.54) is 28.8 Å². The maximum atomic E-state index is 13.4. The van der Waals surface area contributed by atoms with Crippen molar-refractivity contribution < 1.29 is 9.18 Å². The molecular weight excluding hydrogens is 367 g/mol. The second kappa shape index (κ2) is 7.95. The molecule has 3 aromatic rings. The zero-order valence-electron chi connectivity index (χ0n) is 17.2. The summed E-state index contributed by atoms with van der Waals surface area (Å²) in [7, 11) is 0. The molecule has 1 N–H and O–H groups in total. The fourth-order valence-corrected chi connectivity index (χ4v) is 4.05. The molecule has 5 nitrogen and oxygen atoms in total. The number of piperazine rings is 1. The number of H-pyrrole nitrogens is 1. The van der Waals surface area contributed by atoms with E-state index in [0.29, 0.717) is 24.6 Å². The summed E-state index contributed by atoms with van der Waals surface area (Å²) in [6, 6.07) is 8.13. The van der Waals surface area contributed by atoms with Crippen LogP contribution in [0.1, 0.15) is 46.9 Å². The van der Waals surface area contributed by atoms with E-state index in [1.807, 2.05) is 11.1 Å². The molecule has 0 unspecified atom stereocenters. The van der Waals surface area contributed by atoms with Crippen molar-refractivity contribution in [3.8, 4) is 0 Å². The Morgan fingerprint density at radius 1 is 1.21 bits per heavy atom. The van der Waals surface area contributed by atoms with Crippen LogP contribution in [0.4, 0.5) is 4.39 Å². The molecule has 1 aliphatic rings. The van der Waals surface area contributed by atoms with Gasteiger partial charge in [-0.15, -0.1) is 0 Å². The minimum atomic E-state index is -0.376. The molecule has 0 saturated carbocycles. The highest BCUT2D eigenvalue weighted by molar-refractivity contribution is 5.94. The number of aromatic nitrogens is 2. The van der Waals surface area contributed by atoms with Gasteiger partial charge in [-0.3, -0.25) is 9.69 Å². The quantitative estimate of drug-likeness (QED) is 0.725. The SMILES string of the molecule is Cc1cnc2[nH]c(C(C)C)c(CN3CCN(C(=O)c4cccc(F)c4)CC3)c2c1. The number of nitrogens with one attached hydrogen (secondary N) is 1. The number of aromatic amines is 1. The summed E-state index contributed by atoms with van der Waals surface area (Å²) in [6.45, 7) is 10.2. The summed E-state index contributed by atoms with van der Waals surface area (Å²) in [4.78, 5) is 24.9. The van der Waals surface area contributed by atoms with Crippen LogP contribution in [0.25, 0.3) is 11.0 Å². The number of hydrogen-bond donors (Lipinski definition) is 1. The van der Waals surface area contributed by atoms with E-state index in [1.54, 1.807) is 12.1 Å². The van der Waals surface area contributed by atoms with Crippen LogP contribution in [0.5, 0.6) is 0 Å². The average Bonchev–Trinajstić information content (AvgIpc) is 3.06. The third-order valence-electron chi connectivity index (χ3n) is 5.62. The Hall–Kier alpha value is -2.73. The molecule has 2 aromatic heterocycles. The van der Waals surface area contributed by atoms with Gasteiger partial charge in [-0.25, -0.2) is 9.37 Å². The number of halogens is 1. The van der Waals surface area contributed by atoms with E-state index >= 15 is 0 Å². The van der Waals surface area contributed by atoms with Gasteiger partial charge in [-0.2, -0.15) is 0 Å². The third kappa shape index (κ3) is 4.03. The Morgan fingerprint density at radius 3 is 2.66 bits per heavy atom. The van der Waals surface area contributed by atoms with Crippen molar-refractivity contribution in [2.24, 2.45) is 0 Å². The van der Waals surface area contributed by atoms with Gasteiger partial charge in [0.1, 0.15) is 11.5 Å². The van der Waals surface area contributed by atoms with Crippen LogP contribution in [0.15, 0.2) is 36.5 Å². The van der Waals surface area contributed by atoms with Crippen LogP contribution in [-0.4, -0.2) is 51.9 Å². The summed E-state index contributed by atoms with van der Waals surface area (Å²) in [6.07, 6.45) is 1.89. The van der Waals surface area contributed by atoms with Gasteiger partial charge in [0.25, 0.3) is 5.91 Å². The van der Waals surface area contributed by atoms with Gasteiger partial charge in [0.05, 0.1) is 0 Å². The second-order valence-electron chi connectivity index (χ2n) is 8.16. The molecule has 152 valence electrons. The Labute approximate surface area is 170 Å². The number of amides is 1. The smallest absolute Gasteiger partial charge is 0.254 e. The van der Waals surface area contributed by atoms with Gasteiger partial charge in [0.2, 0.25) is 0 Å². The molecule has 0 spiro atoms. The number of nitrogens with zero attached hydrogens (tertiary/aromatic N) is 3. The first-order valence-corrected chi connectivity index (χ1v) is 10.2. The normalized spacial score (nSPS) is 15.4. The fourth-order valence-electron chi connectivity index (χ4n) is 4.05. The predicted octanol–water partition coefficient (Wildman–Crippen LogP) is 4.09. The molecule has 1 aromatic carbocycles. The van der Waals surface area contributed by atoms with Gasteiger partial charge < -0.3 is 9.88 Å². The number of benzene rings is 1. The fraction of sp³-hybridized carbons (Fsp3) is 0.391. The van der Waals surface area contributed by atoms with Gasteiger partial charge in [-0.05, 0) is 48.2 Å². The van der Waals surface area contributed by atoms with Crippen LogP contribution >= 0.6 is 0 Å². The summed E-state index contributed by atoms with van der Waals surface area (Å²) >= 11 is 0. The number of hydrogen-bond acceptors (Lipinski definition) is 3. The van der Waals surface area contributed by atoms with Crippen molar-refractivity contribution in [1.82, 2.24) is 19.8 Å². The van der Waals surface area contributed by atoms with E-state index in [2.05, 4.69) is 41.7 Å². The molecule has 4 rings (SSSR count). The van der Waals surface area contributed by atoms with Gasteiger partial charge in [-0.1, -0.05) is 19.9 Å². The number of aryl methyl sites for hydroxylation is 1.